The highest BCUT2D eigenvalue weighted by Crippen LogP contribution is 2.09. The first kappa shape index (κ1) is 14.2. The van der Waals surface area contributed by atoms with Crippen molar-refractivity contribution in [3.8, 4) is 0 Å². The van der Waals surface area contributed by atoms with E-state index in [1.165, 1.54) is 5.56 Å². The lowest BCUT2D eigenvalue weighted by molar-refractivity contribution is 0.199. The molecule has 0 aliphatic heterocycles. The van der Waals surface area contributed by atoms with Gasteiger partial charge in [0.1, 0.15) is 0 Å². The maximum Gasteiger partial charge on any atom is 0.0102 e. The molecule has 0 spiro atoms. The maximum absolute atomic E-state index is 3.25. The minimum atomic E-state index is 0.617. The normalized spacial score (nSPS) is 14.9. The molecule has 0 aromatic heterocycles. The fourth-order valence-corrected chi connectivity index (χ4v) is 2.08. The van der Waals surface area contributed by atoms with Crippen LogP contribution < -0.4 is 5.32 Å². The van der Waals surface area contributed by atoms with Gasteiger partial charge in [-0.1, -0.05) is 37.3 Å². The monoisotopic (exact) mass is 234 g/mol. The van der Waals surface area contributed by atoms with E-state index in [2.05, 4.69) is 61.4 Å². The Kier molecular flexibility index (Phi) is 6.23. The molecule has 0 radical (unpaired) electrons. The quantitative estimate of drug-likeness (QED) is 0.779. The zero-order chi connectivity index (χ0) is 12.7. The average molecular weight is 234 g/mol. The van der Waals surface area contributed by atoms with Gasteiger partial charge in [0.25, 0.3) is 0 Å². The molecule has 96 valence electrons. The van der Waals surface area contributed by atoms with Gasteiger partial charge in [-0.25, -0.2) is 0 Å². The number of hydrogen-bond acceptors (Lipinski definition) is 2. The number of likely N-dealkylation sites (N-methyl/N-ethyl adjacent to an activating group) is 1. The molecule has 1 N–H and O–H groups in total. The van der Waals surface area contributed by atoms with E-state index in [4.69, 9.17) is 0 Å². The molecule has 17 heavy (non-hydrogen) atoms. The van der Waals surface area contributed by atoms with Crippen LogP contribution in [0.2, 0.25) is 0 Å². The number of rotatable bonds is 7. The minimum absolute atomic E-state index is 0.617. The fourth-order valence-electron chi connectivity index (χ4n) is 2.08. The molecule has 0 saturated carbocycles. The summed E-state index contributed by atoms with van der Waals surface area (Å²) in [4.78, 5) is 2.45. The second kappa shape index (κ2) is 7.46. The van der Waals surface area contributed by atoms with Crippen molar-refractivity contribution >= 4 is 0 Å². The van der Waals surface area contributed by atoms with E-state index < -0.39 is 0 Å². The molecule has 2 heteroatoms. The Hall–Kier alpha value is -0.860. The van der Waals surface area contributed by atoms with Crippen LogP contribution in [0.4, 0.5) is 0 Å². The minimum Gasteiger partial charge on any atom is -0.319 e. The van der Waals surface area contributed by atoms with E-state index in [-0.39, 0.29) is 0 Å². The molecule has 2 unspecified atom stereocenters. The predicted molar refractivity (Wildman–Crippen MR) is 75.3 cm³/mol. The molecule has 2 nitrogen and oxygen atoms in total. The van der Waals surface area contributed by atoms with Crippen LogP contribution in [-0.4, -0.2) is 38.1 Å². The molecule has 0 fully saturated rings. The van der Waals surface area contributed by atoms with Crippen molar-refractivity contribution in [2.75, 3.05) is 27.2 Å². The highest BCUT2D eigenvalue weighted by Gasteiger charge is 2.15. The smallest absolute Gasteiger partial charge is 0.0102 e. The Morgan fingerprint density at radius 3 is 2.41 bits per heavy atom. The molecule has 0 aliphatic rings. The molecule has 0 bridgehead atoms. The SMILES string of the molecule is CNCC(C)C(C)N(C)CCc1ccccc1. The second-order valence-electron chi connectivity index (χ2n) is 4.99. The summed E-state index contributed by atoms with van der Waals surface area (Å²) in [5.41, 5.74) is 1.42. The Bertz CT molecular complexity index is 297. The van der Waals surface area contributed by atoms with E-state index in [1.54, 1.807) is 0 Å². The van der Waals surface area contributed by atoms with Gasteiger partial charge in [-0.05, 0) is 45.5 Å². The summed E-state index contributed by atoms with van der Waals surface area (Å²) in [6.07, 6.45) is 1.13. The molecule has 0 amide bonds. The lowest BCUT2D eigenvalue weighted by Crippen LogP contribution is -2.39. The Morgan fingerprint density at radius 1 is 1.18 bits per heavy atom. The van der Waals surface area contributed by atoms with Gasteiger partial charge < -0.3 is 10.2 Å². The van der Waals surface area contributed by atoms with Gasteiger partial charge in [0.05, 0.1) is 0 Å². The topological polar surface area (TPSA) is 15.3 Å². The van der Waals surface area contributed by atoms with E-state index in [9.17, 15) is 0 Å². The van der Waals surface area contributed by atoms with Crippen LogP contribution in [-0.2, 0) is 6.42 Å². The van der Waals surface area contributed by atoms with Crippen molar-refractivity contribution in [2.24, 2.45) is 5.92 Å². The van der Waals surface area contributed by atoms with Crippen LogP contribution in [0, 0.1) is 5.92 Å². The van der Waals surface area contributed by atoms with E-state index in [0.29, 0.717) is 12.0 Å². The number of nitrogens with one attached hydrogen (secondary N) is 1. The summed E-state index contributed by atoms with van der Waals surface area (Å²) in [7, 11) is 4.24. The van der Waals surface area contributed by atoms with E-state index in [1.807, 2.05) is 7.05 Å². The first-order valence-electron chi connectivity index (χ1n) is 6.54. The fraction of sp³-hybridized carbons (Fsp3) is 0.600. The van der Waals surface area contributed by atoms with Gasteiger partial charge >= 0.3 is 0 Å². The van der Waals surface area contributed by atoms with Crippen LogP contribution >= 0.6 is 0 Å². The highest BCUT2D eigenvalue weighted by molar-refractivity contribution is 5.14. The second-order valence-corrected chi connectivity index (χ2v) is 4.99. The van der Waals surface area contributed by atoms with Crippen LogP contribution in [0.15, 0.2) is 30.3 Å². The van der Waals surface area contributed by atoms with E-state index in [0.717, 1.165) is 19.5 Å². The molecular weight excluding hydrogens is 208 g/mol. The van der Waals surface area contributed by atoms with Crippen LogP contribution in [0.5, 0.6) is 0 Å². The van der Waals surface area contributed by atoms with Crippen LogP contribution in [0.1, 0.15) is 19.4 Å². The third kappa shape index (κ3) is 4.88. The Morgan fingerprint density at radius 2 is 1.82 bits per heavy atom. The number of nitrogens with zero attached hydrogens (tertiary/aromatic N) is 1. The standard InChI is InChI=1S/C15H26N2/c1-13(12-16-3)14(2)17(4)11-10-15-8-6-5-7-9-15/h5-9,13-14,16H,10-12H2,1-4H3. The molecule has 1 aromatic rings. The third-order valence-electron chi connectivity index (χ3n) is 3.64. The maximum atomic E-state index is 3.25. The average Bonchev–Trinajstić information content (AvgIpc) is 2.36. The molecule has 1 rings (SSSR count). The summed E-state index contributed by atoms with van der Waals surface area (Å²) < 4.78 is 0. The Labute approximate surface area is 106 Å². The van der Waals surface area contributed by atoms with Crippen molar-refractivity contribution in [1.29, 1.82) is 0 Å². The lowest BCUT2D eigenvalue weighted by atomic mass is 10.0. The number of hydrogen-bond donors (Lipinski definition) is 1. The molecular formula is C15H26N2. The zero-order valence-corrected chi connectivity index (χ0v) is 11.6. The molecule has 2 atom stereocenters. The van der Waals surface area contributed by atoms with Crippen LogP contribution in [0.25, 0.3) is 0 Å². The lowest BCUT2D eigenvalue weighted by Gasteiger charge is -2.29. The highest BCUT2D eigenvalue weighted by atomic mass is 15.1. The Balaban J connectivity index is 2.36. The van der Waals surface area contributed by atoms with E-state index >= 15 is 0 Å². The third-order valence-corrected chi connectivity index (χ3v) is 3.64. The van der Waals surface area contributed by atoms with Gasteiger partial charge in [0, 0.05) is 12.6 Å². The largest absolute Gasteiger partial charge is 0.319 e. The molecule has 0 heterocycles. The zero-order valence-electron chi connectivity index (χ0n) is 11.6. The summed E-state index contributed by atoms with van der Waals surface area (Å²) in [6.45, 7) is 6.82. The van der Waals surface area contributed by atoms with Gasteiger partial charge in [-0.2, -0.15) is 0 Å². The van der Waals surface area contributed by atoms with Crippen molar-refractivity contribution in [3.63, 3.8) is 0 Å². The van der Waals surface area contributed by atoms with Crippen molar-refractivity contribution < 1.29 is 0 Å². The first-order valence-corrected chi connectivity index (χ1v) is 6.54. The molecule has 0 aliphatic carbocycles. The van der Waals surface area contributed by atoms with Gasteiger partial charge in [0.15, 0.2) is 0 Å². The van der Waals surface area contributed by atoms with Crippen molar-refractivity contribution in [1.82, 2.24) is 10.2 Å². The van der Waals surface area contributed by atoms with Gasteiger partial charge in [-0.3, -0.25) is 0 Å². The van der Waals surface area contributed by atoms with Gasteiger partial charge in [-0.15, -0.1) is 0 Å². The first-order chi connectivity index (χ1) is 8.15. The van der Waals surface area contributed by atoms with Crippen LogP contribution in [0.3, 0.4) is 0 Å². The van der Waals surface area contributed by atoms with Crippen molar-refractivity contribution in [2.45, 2.75) is 26.3 Å². The summed E-state index contributed by atoms with van der Waals surface area (Å²) >= 11 is 0. The molecule has 1 aromatic carbocycles. The summed E-state index contributed by atoms with van der Waals surface area (Å²) in [6, 6.07) is 11.3. The van der Waals surface area contributed by atoms with Gasteiger partial charge in [0.2, 0.25) is 0 Å². The summed E-state index contributed by atoms with van der Waals surface area (Å²) in [5.74, 6) is 0.681. The predicted octanol–water partition coefficient (Wildman–Crippen LogP) is 2.40. The number of benzene rings is 1. The summed E-state index contributed by atoms with van der Waals surface area (Å²) in [5, 5.41) is 3.25. The molecule has 0 saturated heterocycles. The van der Waals surface area contributed by atoms with Crippen molar-refractivity contribution in [3.05, 3.63) is 35.9 Å².